The lowest BCUT2D eigenvalue weighted by Gasteiger charge is -2.36. The number of hydrogen-bond acceptors (Lipinski definition) is 0. The molecule has 49 heavy (non-hydrogen) atoms. The zero-order valence-electron chi connectivity index (χ0n) is 27.1. The molecular formula is C48H34Si. The topological polar surface area (TPSA) is 0 Å². The van der Waals surface area contributed by atoms with Crippen LogP contribution < -0.4 is 10.4 Å². The van der Waals surface area contributed by atoms with Gasteiger partial charge in [-0.1, -0.05) is 206 Å². The van der Waals surface area contributed by atoms with E-state index in [-0.39, 0.29) is 0 Å². The van der Waals surface area contributed by atoms with E-state index in [0.29, 0.717) is 0 Å². The average molecular weight is 639 g/mol. The first-order valence-electron chi connectivity index (χ1n) is 17.0. The Labute approximate surface area is 289 Å². The minimum Gasteiger partial charge on any atom is -0.0623 e. The van der Waals surface area contributed by atoms with Crippen LogP contribution in [0.2, 0.25) is 0 Å². The van der Waals surface area contributed by atoms with Crippen LogP contribution >= 0.6 is 0 Å². The predicted octanol–water partition coefficient (Wildman–Crippen LogP) is 10.9. The Morgan fingerprint density at radius 2 is 0.592 bits per heavy atom. The van der Waals surface area contributed by atoms with E-state index in [9.17, 15) is 0 Å². The normalized spacial score (nSPS) is 14.1. The van der Waals surface area contributed by atoms with Gasteiger partial charge in [-0.15, -0.1) is 0 Å². The maximum Gasteiger partial charge on any atom is 0.182 e. The Balaban J connectivity index is 1.60. The van der Waals surface area contributed by atoms with Crippen molar-refractivity contribution in [3.8, 4) is 0 Å². The monoisotopic (exact) mass is 638 g/mol. The van der Waals surface area contributed by atoms with E-state index in [1.54, 1.807) is 0 Å². The highest BCUT2D eigenvalue weighted by molar-refractivity contribution is 7.29. The molecule has 0 amide bonds. The second-order valence-electron chi connectivity index (χ2n) is 12.8. The first-order chi connectivity index (χ1) is 24.4. The standard InChI is InChI=1S/C48H34Si/c1-5-21-37(22-6-1)45-46(38-23-7-2-8-24-38)48(44-34-18-26-36-20-14-16-32-42(36)44)49(39-27-9-3-10-28-39,40-29-11-4-12-30-40)47(45)43-33-17-25-35-19-13-15-31-41(35)43/h1-34H. The predicted molar refractivity (Wildman–Crippen MR) is 212 cm³/mol. The summed E-state index contributed by atoms with van der Waals surface area (Å²) in [4.78, 5) is 0. The molecule has 0 spiro atoms. The Morgan fingerprint density at radius 1 is 0.265 bits per heavy atom. The second-order valence-corrected chi connectivity index (χ2v) is 16.4. The van der Waals surface area contributed by atoms with Crippen LogP contribution in [0.15, 0.2) is 206 Å². The molecular weight excluding hydrogens is 605 g/mol. The minimum absolute atomic E-state index is 1.24. The van der Waals surface area contributed by atoms with Gasteiger partial charge in [0.25, 0.3) is 0 Å². The maximum absolute atomic E-state index is 3.09. The number of hydrogen-bond donors (Lipinski definition) is 0. The van der Waals surface area contributed by atoms with Crippen molar-refractivity contribution in [2.45, 2.75) is 0 Å². The van der Waals surface area contributed by atoms with E-state index >= 15 is 0 Å². The SMILES string of the molecule is c1ccc(C2=C(c3cccc4ccccc34)[Si](c3ccccc3)(c3ccccc3)C(c3cccc4ccccc34)=C2c2ccccc2)cc1. The molecule has 0 saturated carbocycles. The summed E-state index contributed by atoms with van der Waals surface area (Å²) in [6.45, 7) is 0. The molecule has 0 aromatic heterocycles. The highest BCUT2D eigenvalue weighted by Crippen LogP contribution is 2.56. The van der Waals surface area contributed by atoms with Crippen LogP contribution in [-0.4, -0.2) is 8.07 Å². The van der Waals surface area contributed by atoms with Crippen LogP contribution in [0.4, 0.5) is 0 Å². The smallest absolute Gasteiger partial charge is 0.0623 e. The minimum atomic E-state index is -3.09. The maximum atomic E-state index is 2.39. The molecule has 0 nitrogen and oxygen atoms in total. The molecule has 0 fully saturated rings. The average Bonchev–Trinajstić information content (AvgIpc) is 3.51. The zero-order chi connectivity index (χ0) is 32.6. The van der Waals surface area contributed by atoms with Crippen molar-refractivity contribution in [2.75, 3.05) is 0 Å². The fraction of sp³-hybridized carbons (Fsp3) is 0. The van der Waals surface area contributed by atoms with Crippen LogP contribution in [-0.2, 0) is 0 Å². The Bertz CT molecular complexity index is 2320. The van der Waals surface area contributed by atoms with Crippen molar-refractivity contribution in [1.29, 1.82) is 0 Å². The molecule has 1 heterocycles. The Hall–Kier alpha value is -6.02. The summed E-state index contributed by atoms with van der Waals surface area (Å²) < 4.78 is 0. The molecule has 230 valence electrons. The molecule has 1 aliphatic rings. The van der Waals surface area contributed by atoms with Gasteiger partial charge in [-0.3, -0.25) is 0 Å². The third-order valence-electron chi connectivity index (χ3n) is 10.2. The van der Waals surface area contributed by atoms with Gasteiger partial charge in [-0.25, -0.2) is 0 Å². The van der Waals surface area contributed by atoms with E-state index in [4.69, 9.17) is 0 Å². The van der Waals surface area contributed by atoms with Crippen molar-refractivity contribution in [1.82, 2.24) is 0 Å². The van der Waals surface area contributed by atoms with Crippen molar-refractivity contribution in [2.24, 2.45) is 0 Å². The van der Waals surface area contributed by atoms with Gasteiger partial charge in [0.15, 0.2) is 8.07 Å². The molecule has 0 aliphatic carbocycles. The number of benzene rings is 8. The van der Waals surface area contributed by atoms with Gasteiger partial charge in [0.2, 0.25) is 0 Å². The second kappa shape index (κ2) is 12.2. The van der Waals surface area contributed by atoms with Crippen LogP contribution in [0.1, 0.15) is 22.3 Å². The highest BCUT2D eigenvalue weighted by atomic mass is 28.3. The molecule has 8 aromatic carbocycles. The van der Waals surface area contributed by atoms with Gasteiger partial charge < -0.3 is 0 Å². The third-order valence-corrected chi connectivity index (χ3v) is 15.1. The van der Waals surface area contributed by atoms with Gasteiger partial charge in [-0.2, -0.15) is 0 Å². The van der Waals surface area contributed by atoms with Crippen LogP contribution in [0.5, 0.6) is 0 Å². The Morgan fingerprint density at radius 3 is 1.00 bits per heavy atom. The number of fused-ring (bicyclic) bond motifs is 2. The van der Waals surface area contributed by atoms with E-state index in [1.807, 2.05) is 0 Å². The van der Waals surface area contributed by atoms with Crippen molar-refractivity contribution >= 4 is 61.5 Å². The molecule has 1 heteroatoms. The number of rotatable bonds is 6. The first-order valence-corrected chi connectivity index (χ1v) is 19.0. The van der Waals surface area contributed by atoms with Crippen molar-refractivity contribution < 1.29 is 0 Å². The molecule has 0 N–H and O–H groups in total. The van der Waals surface area contributed by atoms with E-state index in [1.165, 1.54) is 75.7 Å². The summed E-state index contributed by atoms with van der Waals surface area (Å²) in [5.41, 5.74) is 7.74. The summed E-state index contributed by atoms with van der Waals surface area (Å²) in [5, 5.41) is 10.7. The van der Waals surface area contributed by atoms with E-state index in [0.717, 1.165) is 0 Å². The van der Waals surface area contributed by atoms with Crippen LogP contribution in [0, 0.1) is 0 Å². The fourth-order valence-electron chi connectivity index (χ4n) is 8.22. The van der Waals surface area contributed by atoms with E-state index < -0.39 is 8.07 Å². The molecule has 8 aromatic rings. The largest absolute Gasteiger partial charge is 0.182 e. The molecule has 0 unspecified atom stereocenters. The summed E-state index contributed by atoms with van der Waals surface area (Å²) >= 11 is 0. The zero-order valence-corrected chi connectivity index (χ0v) is 28.1. The summed E-state index contributed by atoms with van der Waals surface area (Å²) in [6, 6.07) is 76.7. The third kappa shape index (κ3) is 4.66. The van der Waals surface area contributed by atoms with Gasteiger partial charge in [0.1, 0.15) is 0 Å². The molecule has 0 radical (unpaired) electrons. The summed E-state index contributed by atoms with van der Waals surface area (Å²) in [5.74, 6) is 0. The van der Waals surface area contributed by atoms with Crippen LogP contribution in [0.3, 0.4) is 0 Å². The van der Waals surface area contributed by atoms with Crippen molar-refractivity contribution in [3.05, 3.63) is 229 Å². The lowest BCUT2D eigenvalue weighted by atomic mass is 9.88. The lowest BCUT2D eigenvalue weighted by molar-refractivity contribution is 1.59. The first kappa shape index (κ1) is 29.1. The lowest BCUT2D eigenvalue weighted by Crippen LogP contribution is -2.59. The van der Waals surface area contributed by atoms with Gasteiger partial charge in [-0.05, 0) is 75.7 Å². The molecule has 0 bridgehead atoms. The molecule has 0 atom stereocenters. The number of allylic oxidation sites excluding steroid dienone is 2. The van der Waals surface area contributed by atoms with E-state index in [2.05, 4.69) is 206 Å². The Kier molecular flexibility index (Phi) is 7.26. The van der Waals surface area contributed by atoms with Gasteiger partial charge in [0.05, 0.1) is 0 Å². The highest BCUT2D eigenvalue weighted by Gasteiger charge is 2.53. The van der Waals surface area contributed by atoms with Gasteiger partial charge >= 0.3 is 0 Å². The van der Waals surface area contributed by atoms with Crippen molar-refractivity contribution in [3.63, 3.8) is 0 Å². The molecule has 1 aliphatic heterocycles. The summed E-state index contributed by atoms with van der Waals surface area (Å²) in [6.07, 6.45) is 0. The van der Waals surface area contributed by atoms with Gasteiger partial charge in [0, 0.05) is 0 Å². The summed E-state index contributed by atoms with van der Waals surface area (Å²) in [7, 11) is -3.09. The molecule has 0 saturated heterocycles. The quantitative estimate of drug-likeness (QED) is 0.159. The molecule has 9 rings (SSSR count). The fourth-order valence-corrected chi connectivity index (χ4v) is 13.9. The van der Waals surface area contributed by atoms with Crippen LogP contribution in [0.25, 0.3) is 43.1 Å².